The maximum Gasteiger partial charge on any atom is 0.141 e. The molecule has 0 atom stereocenters. The molecule has 92 valence electrons. The van der Waals surface area contributed by atoms with Gasteiger partial charge in [-0.1, -0.05) is 0 Å². The number of aromatic nitrogens is 2. The molecule has 19 heavy (non-hydrogen) atoms. The van der Waals surface area contributed by atoms with Gasteiger partial charge in [0.15, 0.2) is 0 Å². The van der Waals surface area contributed by atoms with Crippen LogP contribution in [0.1, 0.15) is 5.56 Å². The third kappa shape index (κ3) is 1.85. The van der Waals surface area contributed by atoms with Crippen molar-refractivity contribution in [2.75, 3.05) is 0 Å². The van der Waals surface area contributed by atoms with Crippen LogP contribution in [0.15, 0.2) is 42.6 Å². The van der Waals surface area contributed by atoms with Crippen molar-refractivity contribution in [3.8, 4) is 23.3 Å². The fourth-order valence-electron chi connectivity index (χ4n) is 1.91. The Morgan fingerprint density at radius 2 is 1.95 bits per heavy atom. The Morgan fingerprint density at radius 1 is 1.11 bits per heavy atom. The quantitative estimate of drug-likeness (QED) is 0.650. The second-order valence-electron chi connectivity index (χ2n) is 4.13. The molecule has 0 aliphatic carbocycles. The predicted molar refractivity (Wildman–Crippen MR) is 69.1 cm³/mol. The molecule has 3 aromatic rings. The average Bonchev–Trinajstić information content (AvgIpc) is 2.83. The van der Waals surface area contributed by atoms with E-state index in [1.54, 1.807) is 24.4 Å². The van der Waals surface area contributed by atoms with Crippen LogP contribution in [-0.4, -0.2) is 20.0 Å². The summed E-state index contributed by atoms with van der Waals surface area (Å²) in [5.74, 6) is 0.0659. The van der Waals surface area contributed by atoms with E-state index in [4.69, 9.17) is 5.26 Å². The highest BCUT2D eigenvalue weighted by Gasteiger charge is 2.08. The minimum atomic E-state index is 0.0195. The second kappa shape index (κ2) is 4.03. The van der Waals surface area contributed by atoms with Crippen LogP contribution in [0.4, 0.5) is 0 Å². The Kier molecular flexibility index (Phi) is 2.36. The standard InChI is InChI=1S/C14H9N3O2/c15-7-9-1-3-12-10(5-9)8-17(16-12)13-6-11(18)2-4-14(13)19/h1-6,8,18-19H. The van der Waals surface area contributed by atoms with Crippen molar-refractivity contribution in [2.24, 2.45) is 0 Å². The van der Waals surface area contributed by atoms with Gasteiger partial charge in [0.2, 0.25) is 0 Å². The van der Waals surface area contributed by atoms with E-state index in [0.29, 0.717) is 16.8 Å². The molecule has 0 aliphatic heterocycles. The van der Waals surface area contributed by atoms with Crippen molar-refractivity contribution in [3.63, 3.8) is 0 Å². The number of aromatic hydroxyl groups is 2. The fraction of sp³-hybridized carbons (Fsp3) is 0. The molecule has 0 aliphatic rings. The number of phenolic OH excluding ortho intramolecular Hbond substituents is 2. The summed E-state index contributed by atoms with van der Waals surface area (Å²) in [6.07, 6.45) is 1.70. The number of phenols is 2. The molecule has 0 fully saturated rings. The Balaban J connectivity index is 2.21. The monoisotopic (exact) mass is 251 g/mol. The number of hydrogen-bond donors (Lipinski definition) is 2. The Labute approximate surface area is 108 Å². The van der Waals surface area contributed by atoms with Crippen LogP contribution in [0, 0.1) is 11.3 Å². The average molecular weight is 251 g/mol. The lowest BCUT2D eigenvalue weighted by Gasteiger charge is -2.04. The summed E-state index contributed by atoms with van der Waals surface area (Å²) in [7, 11) is 0. The van der Waals surface area contributed by atoms with Crippen LogP contribution >= 0.6 is 0 Å². The Bertz CT molecular complexity index is 815. The van der Waals surface area contributed by atoms with E-state index in [1.807, 2.05) is 0 Å². The lowest BCUT2D eigenvalue weighted by atomic mass is 10.2. The molecule has 5 heteroatoms. The van der Waals surface area contributed by atoms with Gasteiger partial charge in [0.05, 0.1) is 17.1 Å². The first-order valence-corrected chi connectivity index (χ1v) is 5.59. The number of rotatable bonds is 1. The molecule has 2 aromatic carbocycles. The SMILES string of the molecule is N#Cc1ccc2nn(-c3cc(O)ccc3O)cc2c1. The van der Waals surface area contributed by atoms with Gasteiger partial charge in [0, 0.05) is 17.6 Å². The highest BCUT2D eigenvalue weighted by atomic mass is 16.3. The number of benzene rings is 2. The van der Waals surface area contributed by atoms with E-state index >= 15 is 0 Å². The van der Waals surface area contributed by atoms with Crippen molar-refractivity contribution < 1.29 is 10.2 Å². The van der Waals surface area contributed by atoms with Crippen molar-refractivity contribution in [3.05, 3.63) is 48.2 Å². The molecule has 2 N–H and O–H groups in total. The zero-order valence-corrected chi connectivity index (χ0v) is 9.78. The molecule has 1 heterocycles. The van der Waals surface area contributed by atoms with E-state index in [-0.39, 0.29) is 11.5 Å². The Morgan fingerprint density at radius 3 is 2.74 bits per heavy atom. The minimum Gasteiger partial charge on any atom is -0.508 e. The Hall–Kier alpha value is -3.00. The number of fused-ring (bicyclic) bond motifs is 1. The zero-order valence-electron chi connectivity index (χ0n) is 9.78. The number of hydrogen-bond acceptors (Lipinski definition) is 4. The molecule has 0 saturated carbocycles. The van der Waals surface area contributed by atoms with Crippen LogP contribution in [-0.2, 0) is 0 Å². The first-order chi connectivity index (χ1) is 9.17. The van der Waals surface area contributed by atoms with Crippen molar-refractivity contribution >= 4 is 10.9 Å². The summed E-state index contributed by atoms with van der Waals surface area (Å²) in [4.78, 5) is 0. The summed E-state index contributed by atoms with van der Waals surface area (Å²) < 4.78 is 1.47. The normalized spacial score (nSPS) is 10.5. The van der Waals surface area contributed by atoms with Crippen LogP contribution in [0.5, 0.6) is 11.5 Å². The largest absolute Gasteiger partial charge is 0.508 e. The van der Waals surface area contributed by atoms with Crippen LogP contribution in [0.25, 0.3) is 16.6 Å². The molecular weight excluding hydrogens is 242 g/mol. The van der Waals surface area contributed by atoms with Crippen molar-refractivity contribution in [1.82, 2.24) is 9.78 Å². The summed E-state index contributed by atoms with van der Waals surface area (Å²) >= 11 is 0. The first kappa shape index (κ1) is 11.1. The highest BCUT2D eigenvalue weighted by molar-refractivity contribution is 5.80. The first-order valence-electron chi connectivity index (χ1n) is 5.59. The minimum absolute atomic E-state index is 0.0195. The third-order valence-electron chi connectivity index (χ3n) is 2.84. The summed E-state index contributed by atoms with van der Waals surface area (Å²) in [5.41, 5.74) is 1.64. The van der Waals surface area contributed by atoms with Gasteiger partial charge in [-0.15, -0.1) is 0 Å². The van der Waals surface area contributed by atoms with E-state index in [1.165, 1.54) is 22.9 Å². The van der Waals surface area contributed by atoms with Crippen LogP contribution in [0.2, 0.25) is 0 Å². The molecule has 0 unspecified atom stereocenters. The maximum absolute atomic E-state index is 9.79. The summed E-state index contributed by atoms with van der Waals surface area (Å²) in [5, 5.41) is 33.2. The van der Waals surface area contributed by atoms with Gasteiger partial charge in [-0.3, -0.25) is 0 Å². The van der Waals surface area contributed by atoms with E-state index in [2.05, 4.69) is 11.2 Å². The molecule has 0 radical (unpaired) electrons. The smallest absolute Gasteiger partial charge is 0.141 e. The molecule has 3 rings (SSSR count). The maximum atomic E-state index is 9.79. The van der Waals surface area contributed by atoms with Gasteiger partial charge >= 0.3 is 0 Å². The van der Waals surface area contributed by atoms with Gasteiger partial charge in [-0.2, -0.15) is 10.4 Å². The van der Waals surface area contributed by atoms with Gasteiger partial charge in [-0.25, -0.2) is 4.68 Å². The van der Waals surface area contributed by atoms with Gasteiger partial charge in [0.1, 0.15) is 17.2 Å². The summed E-state index contributed by atoms with van der Waals surface area (Å²) in [6.45, 7) is 0. The van der Waals surface area contributed by atoms with E-state index in [0.717, 1.165) is 5.39 Å². The zero-order chi connectivity index (χ0) is 13.4. The van der Waals surface area contributed by atoms with Crippen molar-refractivity contribution in [1.29, 1.82) is 5.26 Å². The molecule has 5 nitrogen and oxygen atoms in total. The lowest BCUT2D eigenvalue weighted by molar-refractivity contribution is 0.456. The highest BCUT2D eigenvalue weighted by Crippen LogP contribution is 2.27. The molecule has 1 aromatic heterocycles. The third-order valence-corrected chi connectivity index (χ3v) is 2.84. The van der Waals surface area contributed by atoms with Gasteiger partial charge in [0.25, 0.3) is 0 Å². The number of nitrogens with zero attached hydrogens (tertiary/aromatic N) is 3. The molecule has 0 spiro atoms. The molecular formula is C14H9N3O2. The van der Waals surface area contributed by atoms with Gasteiger partial charge < -0.3 is 10.2 Å². The van der Waals surface area contributed by atoms with Crippen molar-refractivity contribution in [2.45, 2.75) is 0 Å². The second-order valence-corrected chi connectivity index (χ2v) is 4.13. The molecule has 0 amide bonds. The van der Waals surface area contributed by atoms with Crippen LogP contribution < -0.4 is 0 Å². The predicted octanol–water partition coefficient (Wildman–Crippen LogP) is 2.31. The summed E-state index contributed by atoms with van der Waals surface area (Å²) in [6, 6.07) is 11.4. The van der Waals surface area contributed by atoms with E-state index in [9.17, 15) is 10.2 Å². The lowest BCUT2D eigenvalue weighted by Crippen LogP contribution is -1.94. The van der Waals surface area contributed by atoms with Gasteiger partial charge in [-0.05, 0) is 30.3 Å². The van der Waals surface area contributed by atoms with Crippen LogP contribution in [0.3, 0.4) is 0 Å². The number of nitriles is 1. The fourth-order valence-corrected chi connectivity index (χ4v) is 1.91. The molecule has 0 saturated heterocycles. The molecule has 0 bridgehead atoms. The topological polar surface area (TPSA) is 82.1 Å². The van der Waals surface area contributed by atoms with E-state index < -0.39 is 0 Å².